The third-order valence-electron chi connectivity index (χ3n) is 8.20. The van der Waals surface area contributed by atoms with Crippen LogP contribution in [0.1, 0.15) is 49.1 Å². The number of hydrogen-bond donors (Lipinski definition) is 1. The maximum absolute atomic E-state index is 13.3. The molecule has 198 valence electrons. The van der Waals surface area contributed by atoms with Crippen molar-refractivity contribution in [3.63, 3.8) is 0 Å². The number of piperidine rings is 1. The summed E-state index contributed by atoms with van der Waals surface area (Å²) in [4.78, 5) is 43.1. The van der Waals surface area contributed by atoms with Gasteiger partial charge in [-0.25, -0.2) is 4.79 Å². The number of nitrogens with zero attached hydrogens (tertiary/aromatic N) is 2. The van der Waals surface area contributed by atoms with Gasteiger partial charge >= 0.3 is 6.09 Å². The number of rotatable bonds is 5. The molecule has 1 N–H and O–H groups in total. The fraction of sp³-hybridized carbons (Fsp3) is 0.433. The van der Waals surface area contributed by atoms with E-state index in [9.17, 15) is 14.4 Å². The van der Waals surface area contributed by atoms with E-state index in [0.29, 0.717) is 13.0 Å². The molecule has 2 aromatic carbocycles. The number of thioether (sulfide) groups is 1. The van der Waals surface area contributed by atoms with E-state index in [1.807, 2.05) is 40.6 Å². The first-order valence-electron chi connectivity index (χ1n) is 13.6. The molecule has 0 saturated carbocycles. The highest BCUT2D eigenvalue weighted by Crippen LogP contribution is 2.44. The Balaban J connectivity index is 1.08. The second-order valence-electron chi connectivity index (χ2n) is 10.5. The van der Waals surface area contributed by atoms with Crippen LogP contribution in [0.25, 0.3) is 11.1 Å². The molecule has 2 saturated heterocycles. The largest absolute Gasteiger partial charge is 0.448 e. The van der Waals surface area contributed by atoms with E-state index >= 15 is 0 Å². The summed E-state index contributed by atoms with van der Waals surface area (Å²) in [5, 5.41) is 4.62. The van der Waals surface area contributed by atoms with Crippen LogP contribution in [0.5, 0.6) is 0 Å². The summed E-state index contributed by atoms with van der Waals surface area (Å²) in [7, 11) is 0. The molecule has 3 atom stereocenters. The molecule has 38 heavy (non-hydrogen) atoms. The van der Waals surface area contributed by atoms with E-state index in [0.717, 1.165) is 49.9 Å². The molecule has 1 aliphatic carbocycles. The van der Waals surface area contributed by atoms with Gasteiger partial charge in [0.2, 0.25) is 11.8 Å². The minimum Gasteiger partial charge on any atom is -0.448 e. The minimum absolute atomic E-state index is 0.0243. The number of fused-ring (bicyclic) bond motifs is 3. The van der Waals surface area contributed by atoms with Crippen molar-refractivity contribution < 1.29 is 19.1 Å². The number of carbonyl (C=O) groups excluding carboxylic acids is 3. The van der Waals surface area contributed by atoms with Gasteiger partial charge in [-0.15, -0.1) is 11.8 Å². The monoisotopic (exact) mass is 531 g/mol. The van der Waals surface area contributed by atoms with Gasteiger partial charge in [0.15, 0.2) is 0 Å². The molecule has 3 amide bonds. The van der Waals surface area contributed by atoms with Gasteiger partial charge in [-0.1, -0.05) is 54.6 Å². The molecule has 2 aromatic rings. The molecule has 3 heterocycles. The number of carbonyl (C=O) groups is 3. The quantitative estimate of drug-likeness (QED) is 0.604. The Morgan fingerprint density at radius 1 is 0.895 bits per heavy atom. The molecule has 0 spiro atoms. The number of nitrogens with one attached hydrogen (secondary N) is 1. The lowest BCUT2D eigenvalue weighted by Gasteiger charge is -2.31. The summed E-state index contributed by atoms with van der Waals surface area (Å²) in [5.74, 6) is -0.528. The Labute approximate surface area is 227 Å². The van der Waals surface area contributed by atoms with Crippen LogP contribution in [-0.2, 0) is 14.3 Å². The molecule has 2 fully saturated rings. The van der Waals surface area contributed by atoms with Crippen LogP contribution in [0.15, 0.2) is 60.0 Å². The second kappa shape index (κ2) is 10.8. The molecule has 7 nitrogen and oxygen atoms in total. The molecular formula is C30H33N3O4S. The maximum Gasteiger partial charge on any atom is 0.410 e. The highest BCUT2D eigenvalue weighted by molar-refractivity contribution is 8.03. The smallest absolute Gasteiger partial charge is 0.410 e. The normalized spacial score (nSPS) is 24.3. The van der Waals surface area contributed by atoms with E-state index in [4.69, 9.17) is 4.74 Å². The number of likely N-dealkylation sites (tertiary alicyclic amines) is 2. The lowest BCUT2D eigenvalue weighted by atomic mass is 9.98. The summed E-state index contributed by atoms with van der Waals surface area (Å²) in [6, 6.07) is 15.9. The predicted molar refractivity (Wildman–Crippen MR) is 147 cm³/mol. The van der Waals surface area contributed by atoms with Crippen LogP contribution < -0.4 is 5.32 Å². The van der Waals surface area contributed by atoms with Crippen LogP contribution >= 0.6 is 11.8 Å². The highest BCUT2D eigenvalue weighted by Gasteiger charge is 2.40. The Morgan fingerprint density at radius 2 is 1.58 bits per heavy atom. The average Bonchev–Trinajstić information content (AvgIpc) is 3.70. The van der Waals surface area contributed by atoms with Gasteiger partial charge in [0, 0.05) is 25.6 Å². The third kappa shape index (κ3) is 4.70. The van der Waals surface area contributed by atoms with Crippen molar-refractivity contribution in [1.29, 1.82) is 0 Å². The van der Waals surface area contributed by atoms with Gasteiger partial charge in [-0.2, -0.15) is 0 Å². The molecule has 2 unspecified atom stereocenters. The van der Waals surface area contributed by atoms with E-state index in [2.05, 4.69) is 29.6 Å². The predicted octanol–water partition coefficient (Wildman–Crippen LogP) is 4.73. The van der Waals surface area contributed by atoms with Gasteiger partial charge in [0.25, 0.3) is 0 Å². The van der Waals surface area contributed by atoms with Gasteiger partial charge in [0.1, 0.15) is 12.6 Å². The fourth-order valence-corrected chi connectivity index (χ4v) is 7.22. The molecule has 6 rings (SSSR count). The summed E-state index contributed by atoms with van der Waals surface area (Å²) in [5.41, 5.74) is 4.68. The van der Waals surface area contributed by atoms with Gasteiger partial charge in [0.05, 0.1) is 11.3 Å². The molecule has 8 heteroatoms. The van der Waals surface area contributed by atoms with Crippen LogP contribution in [0.4, 0.5) is 4.79 Å². The van der Waals surface area contributed by atoms with Crippen LogP contribution in [0.3, 0.4) is 0 Å². The molecule has 4 aliphatic rings. The maximum atomic E-state index is 13.3. The minimum atomic E-state index is -0.586. The zero-order chi connectivity index (χ0) is 26.1. The zero-order valence-electron chi connectivity index (χ0n) is 21.4. The van der Waals surface area contributed by atoms with Crippen LogP contribution in [0.2, 0.25) is 0 Å². The standard InChI is InChI=1S/C30H33N3O4S/c34-27(31-28-24(14-18-38-28)29(35)32-15-6-1-7-16-32)26-13-8-17-33(26)30(36)37-19-25-22-11-4-2-9-20(22)21-10-3-5-12-23(21)25/h2-5,9-12,14,18,24-26,28H,1,6-8,13,15-17,19H2,(H,31,34)/t24?,26-,28?/m1/s1. The van der Waals surface area contributed by atoms with E-state index in [1.54, 1.807) is 4.90 Å². The molecular weight excluding hydrogens is 498 g/mol. The van der Waals surface area contributed by atoms with Gasteiger partial charge in [-0.3, -0.25) is 14.5 Å². The Bertz CT molecular complexity index is 1210. The topological polar surface area (TPSA) is 79.0 Å². The van der Waals surface area contributed by atoms with Crippen molar-refractivity contribution in [2.45, 2.75) is 49.4 Å². The summed E-state index contributed by atoms with van der Waals surface area (Å²) in [6.45, 7) is 2.28. The van der Waals surface area contributed by atoms with E-state index in [-0.39, 0.29) is 35.6 Å². The molecule has 0 radical (unpaired) electrons. The van der Waals surface area contributed by atoms with Crippen molar-refractivity contribution in [3.8, 4) is 11.1 Å². The lowest BCUT2D eigenvalue weighted by molar-refractivity contribution is -0.135. The fourth-order valence-electron chi connectivity index (χ4n) is 6.23. The van der Waals surface area contributed by atoms with Crippen molar-refractivity contribution >= 4 is 29.7 Å². The first-order chi connectivity index (χ1) is 18.6. The summed E-state index contributed by atoms with van der Waals surface area (Å²) in [6.07, 6.45) is 5.99. The number of benzene rings is 2. The second-order valence-corrected chi connectivity index (χ2v) is 11.5. The Kier molecular flexibility index (Phi) is 7.15. The SMILES string of the molecule is O=C(NC1SC=CC1C(=O)N1CCCCC1)[C@H]1CCCN1C(=O)OCC1c2ccccc2-c2ccccc21. The molecule has 0 aromatic heterocycles. The Morgan fingerprint density at radius 3 is 2.29 bits per heavy atom. The summed E-state index contributed by atoms with van der Waals surface area (Å²) < 4.78 is 5.84. The van der Waals surface area contributed by atoms with Crippen molar-refractivity contribution in [1.82, 2.24) is 15.1 Å². The third-order valence-corrected chi connectivity index (χ3v) is 9.22. The van der Waals surface area contributed by atoms with Crippen LogP contribution in [-0.4, -0.2) is 65.4 Å². The molecule has 3 aliphatic heterocycles. The van der Waals surface area contributed by atoms with Gasteiger partial charge < -0.3 is 15.0 Å². The van der Waals surface area contributed by atoms with E-state index in [1.165, 1.54) is 22.9 Å². The lowest BCUT2D eigenvalue weighted by Crippen LogP contribution is -2.51. The van der Waals surface area contributed by atoms with Gasteiger partial charge in [-0.05, 0) is 59.8 Å². The summed E-state index contributed by atoms with van der Waals surface area (Å²) >= 11 is 1.46. The number of hydrogen-bond acceptors (Lipinski definition) is 5. The van der Waals surface area contributed by atoms with E-state index < -0.39 is 12.1 Å². The van der Waals surface area contributed by atoms with Crippen molar-refractivity contribution in [2.75, 3.05) is 26.2 Å². The first kappa shape index (κ1) is 25.0. The van der Waals surface area contributed by atoms with Crippen LogP contribution in [0, 0.1) is 5.92 Å². The van der Waals surface area contributed by atoms with Crippen molar-refractivity contribution in [3.05, 3.63) is 71.1 Å². The van der Waals surface area contributed by atoms with Crippen molar-refractivity contribution in [2.24, 2.45) is 5.92 Å². The Hall–Kier alpha value is -3.26. The number of ether oxygens (including phenoxy) is 1. The number of amides is 3. The highest BCUT2D eigenvalue weighted by atomic mass is 32.2. The first-order valence-corrected chi connectivity index (χ1v) is 14.6. The average molecular weight is 532 g/mol. The zero-order valence-corrected chi connectivity index (χ0v) is 22.2. The molecule has 0 bridgehead atoms.